The number of rotatable bonds is 8. The molecule has 5 nitrogen and oxygen atoms in total. The molecule has 0 saturated heterocycles. The van der Waals surface area contributed by atoms with Gasteiger partial charge in [-0.25, -0.2) is 0 Å². The van der Waals surface area contributed by atoms with Gasteiger partial charge in [0.15, 0.2) is 0 Å². The second-order valence-corrected chi connectivity index (χ2v) is 12.6. The van der Waals surface area contributed by atoms with Crippen LogP contribution in [0.25, 0.3) is 11.3 Å². The lowest BCUT2D eigenvalue weighted by atomic mass is 9.87. The molecule has 1 aromatic carbocycles. The molecule has 0 bridgehead atoms. The second-order valence-electron chi connectivity index (χ2n) is 12.6. The van der Waals surface area contributed by atoms with E-state index < -0.39 is 11.2 Å². The van der Waals surface area contributed by atoms with Gasteiger partial charge in [0, 0.05) is 24.5 Å². The largest absolute Gasteiger partial charge is 0.389 e. The molecule has 2 saturated carbocycles. The number of nitrogens with zero attached hydrogens (tertiary/aromatic N) is 1. The molecule has 3 N–H and O–H groups in total. The minimum absolute atomic E-state index is 0.152. The summed E-state index contributed by atoms with van der Waals surface area (Å²) in [7, 11) is 0. The predicted molar refractivity (Wildman–Crippen MR) is 142 cm³/mol. The smallest absolute Gasteiger partial charge is 0.253 e. The molecular formula is C30H44N2O3. The van der Waals surface area contributed by atoms with E-state index in [1.54, 1.807) is 13.8 Å². The van der Waals surface area contributed by atoms with Crippen LogP contribution in [0.1, 0.15) is 107 Å². The van der Waals surface area contributed by atoms with Gasteiger partial charge >= 0.3 is 0 Å². The lowest BCUT2D eigenvalue weighted by Crippen LogP contribution is -2.38. The Bertz CT molecular complexity index is 1050. The normalized spacial score (nSPS) is 18.5. The molecule has 35 heavy (non-hydrogen) atoms. The summed E-state index contributed by atoms with van der Waals surface area (Å²) in [4.78, 5) is 13.2. The van der Waals surface area contributed by atoms with Gasteiger partial charge in [-0.05, 0) is 107 Å². The number of aliphatic hydroxyl groups is 2. The van der Waals surface area contributed by atoms with Crippen LogP contribution in [0.15, 0.2) is 24.3 Å². The zero-order valence-corrected chi connectivity index (χ0v) is 22.5. The van der Waals surface area contributed by atoms with Crippen molar-refractivity contribution in [2.75, 3.05) is 6.54 Å². The Morgan fingerprint density at radius 1 is 1.06 bits per heavy atom. The van der Waals surface area contributed by atoms with Crippen molar-refractivity contribution >= 4 is 5.91 Å². The van der Waals surface area contributed by atoms with E-state index in [0.717, 1.165) is 41.9 Å². The van der Waals surface area contributed by atoms with Gasteiger partial charge in [-0.2, -0.15) is 0 Å². The Labute approximate surface area is 210 Å². The minimum atomic E-state index is -0.966. The molecule has 4 rings (SSSR count). The van der Waals surface area contributed by atoms with E-state index in [4.69, 9.17) is 0 Å². The highest BCUT2D eigenvalue weighted by molar-refractivity contribution is 5.97. The highest BCUT2D eigenvalue weighted by atomic mass is 16.3. The van der Waals surface area contributed by atoms with Crippen LogP contribution in [0.3, 0.4) is 0 Å². The Balaban J connectivity index is 1.80. The number of hydrogen-bond donors (Lipinski definition) is 3. The Hall–Kier alpha value is -2.11. The van der Waals surface area contributed by atoms with E-state index in [9.17, 15) is 15.0 Å². The Kier molecular flexibility index (Phi) is 6.98. The molecule has 5 heteroatoms. The molecule has 0 aliphatic heterocycles. The fourth-order valence-corrected chi connectivity index (χ4v) is 5.32. The van der Waals surface area contributed by atoms with Crippen molar-refractivity contribution in [3.63, 3.8) is 0 Å². The van der Waals surface area contributed by atoms with Gasteiger partial charge < -0.3 is 20.1 Å². The summed E-state index contributed by atoms with van der Waals surface area (Å²) < 4.78 is 2.33. The number of carbonyl (C=O) groups is 1. The predicted octanol–water partition coefficient (Wildman–Crippen LogP) is 5.82. The molecule has 1 amide bonds. The van der Waals surface area contributed by atoms with Gasteiger partial charge in [0.2, 0.25) is 0 Å². The number of aromatic nitrogens is 1. The van der Waals surface area contributed by atoms with Crippen LogP contribution >= 0.6 is 0 Å². The second kappa shape index (κ2) is 9.40. The maximum atomic E-state index is 13.2. The average Bonchev–Trinajstić information content (AvgIpc) is 3.46. The van der Waals surface area contributed by atoms with E-state index in [1.165, 1.54) is 37.7 Å². The van der Waals surface area contributed by atoms with Crippen molar-refractivity contribution in [1.82, 2.24) is 9.88 Å². The number of amides is 1. The summed E-state index contributed by atoms with van der Waals surface area (Å²) in [6.45, 7) is 12.5. The molecule has 2 fully saturated rings. The average molecular weight is 481 g/mol. The summed E-state index contributed by atoms with van der Waals surface area (Å²) in [5.74, 6) is 0.458. The van der Waals surface area contributed by atoms with Crippen molar-refractivity contribution in [3.8, 4) is 11.3 Å². The molecule has 2 aliphatic rings. The minimum Gasteiger partial charge on any atom is -0.389 e. The maximum Gasteiger partial charge on any atom is 0.253 e. The molecule has 0 atom stereocenters. The third-order valence-corrected chi connectivity index (χ3v) is 8.09. The summed E-state index contributed by atoms with van der Waals surface area (Å²) in [6.07, 6.45) is 8.64. The summed E-state index contributed by atoms with van der Waals surface area (Å²) in [5.41, 5.74) is 4.16. The highest BCUT2D eigenvalue weighted by Gasteiger charge is 2.40. The van der Waals surface area contributed by atoms with Crippen molar-refractivity contribution < 1.29 is 15.0 Å². The van der Waals surface area contributed by atoms with E-state index in [-0.39, 0.29) is 17.9 Å². The van der Waals surface area contributed by atoms with Gasteiger partial charge in [0.1, 0.15) is 0 Å². The fraction of sp³-hybridized carbons (Fsp3) is 0.633. The van der Waals surface area contributed by atoms with Crippen LogP contribution in [-0.2, 0) is 17.6 Å². The number of carbonyl (C=O) groups excluding carboxylic acids is 1. The van der Waals surface area contributed by atoms with Crippen LogP contribution in [0.2, 0.25) is 0 Å². The molecule has 2 aromatic rings. The first kappa shape index (κ1) is 26.0. The maximum absolute atomic E-state index is 13.2. The van der Waals surface area contributed by atoms with Gasteiger partial charge in [0.05, 0.1) is 16.8 Å². The van der Waals surface area contributed by atoms with Crippen LogP contribution in [-0.4, -0.2) is 32.8 Å². The molecule has 1 aromatic heterocycles. The first-order valence-electron chi connectivity index (χ1n) is 13.4. The lowest BCUT2D eigenvalue weighted by molar-refractivity contribution is 0.0694. The van der Waals surface area contributed by atoms with E-state index in [2.05, 4.69) is 35.0 Å². The summed E-state index contributed by atoms with van der Waals surface area (Å²) in [6, 6.07) is 8.54. The van der Waals surface area contributed by atoms with Crippen LogP contribution < -0.4 is 5.32 Å². The SMILES string of the molecule is Cc1c(C(=O)NCC(C)(C)O)cc(-c2cc(C(C)(C)O)cc(C3(C)CC3)c2)n1CC1CCCCC1. The number of benzene rings is 1. The Morgan fingerprint density at radius 3 is 2.29 bits per heavy atom. The van der Waals surface area contributed by atoms with Crippen LogP contribution in [0, 0.1) is 12.8 Å². The molecule has 192 valence electrons. The van der Waals surface area contributed by atoms with Crippen molar-refractivity contribution in [1.29, 1.82) is 0 Å². The van der Waals surface area contributed by atoms with Crippen molar-refractivity contribution in [3.05, 3.63) is 46.6 Å². The van der Waals surface area contributed by atoms with Crippen LogP contribution in [0.4, 0.5) is 0 Å². The molecular weight excluding hydrogens is 436 g/mol. The standard InChI is InChI=1S/C30H44N2O3/c1-20-25(27(33)31-19-28(2,3)34)17-26(32(20)18-21-10-8-7-9-11-21)22-14-23(29(4,5)35)16-24(15-22)30(6)12-13-30/h14-17,21,34-35H,7-13,18-19H2,1-6H3,(H,31,33). The van der Waals surface area contributed by atoms with Gasteiger partial charge in [-0.15, -0.1) is 0 Å². The molecule has 0 unspecified atom stereocenters. The fourth-order valence-electron chi connectivity index (χ4n) is 5.32. The zero-order chi connectivity index (χ0) is 25.6. The third-order valence-electron chi connectivity index (χ3n) is 8.09. The van der Waals surface area contributed by atoms with Gasteiger partial charge in [-0.1, -0.05) is 32.3 Å². The van der Waals surface area contributed by atoms with E-state index in [1.807, 2.05) is 26.8 Å². The third kappa shape index (κ3) is 6.00. The summed E-state index contributed by atoms with van der Waals surface area (Å²) in [5, 5.41) is 23.9. The quantitative estimate of drug-likeness (QED) is 0.445. The molecule has 1 heterocycles. The Morgan fingerprint density at radius 2 is 1.71 bits per heavy atom. The number of nitrogens with one attached hydrogen (secondary N) is 1. The molecule has 0 spiro atoms. The molecule has 2 aliphatic carbocycles. The van der Waals surface area contributed by atoms with Gasteiger partial charge in [0.25, 0.3) is 5.91 Å². The summed E-state index contributed by atoms with van der Waals surface area (Å²) >= 11 is 0. The van der Waals surface area contributed by atoms with E-state index >= 15 is 0 Å². The number of hydrogen-bond acceptors (Lipinski definition) is 3. The van der Waals surface area contributed by atoms with Crippen molar-refractivity contribution in [2.45, 2.75) is 110 Å². The topological polar surface area (TPSA) is 74.5 Å². The van der Waals surface area contributed by atoms with Crippen LogP contribution in [0.5, 0.6) is 0 Å². The monoisotopic (exact) mass is 480 g/mol. The lowest BCUT2D eigenvalue weighted by Gasteiger charge is -2.25. The zero-order valence-electron chi connectivity index (χ0n) is 22.5. The first-order chi connectivity index (χ1) is 16.3. The molecule has 0 radical (unpaired) electrons. The first-order valence-corrected chi connectivity index (χ1v) is 13.4. The van der Waals surface area contributed by atoms with Gasteiger partial charge in [-0.3, -0.25) is 4.79 Å². The van der Waals surface area contributed by atoms with E-state index in [0.29, 0.717) is 11.5 Å². The van der Waals surface area contributed by atoms with Crippen molar-refractivity contribution in [2.24, 2.45) is 5.92 Å². The highest BCUT2D eigenvalue weighted by Crippen LogP contribution is 2.49.